The first-order chi connectivity index (χ1) is 8.04. The van der Waals surface area contributed by atoms with Crippen molar-refractivity contribution in [2.24, 2.45) is 5.73 Å². The Morgan fingerprint density at radius 2 is 2.29 bits per heavy atom. The lowest BCUT2D eigenvalue weighted by Crippen LogP contribution is -2.32. The Balaban J connectivity index is 2.79. The van der Waals surface area contributed by atoms with Crippen LogP contribution in [0.25, 0.3) is 0 Å². The van der Waals surface area contributed by atoms with Gasteiger partial charge in [-0.05, 0) is 18.6 Å². The standard InChI is InChI=1S/C11H12N2O3S/c1-7-5-9(11(16)13-6-10(12)15)17-8(7)3-2-4-14/h5,14H,4,6H2,1H3,(H2,12,15)(H,13,16). The highest BCUT2D eigenvalue weighted by molar-refractivity contribution is 7.14. The second kappa shape index (κ2) is 6.03. The first-order valence-corrected chi connectivity index (χ1v) is 5.63. The molecule has 0 aromatic carbocycles. The molecule has 2 amide bonds. The Kier molecular flexibility index (Phi) is 4.69. The highest BCUT2D eigenvalue weighted by atomic mass is 32.1. The van der Waals surface area contributed by atoms with Crippen molar-refractivity contribution in [3.8, 4) is 11.8 Å². The van der Waals surface area contributed by atoms with Crippen molar-refractivity contribution in [1.29, 1.82) is 0 Å². The summed E-state index contributed by atoms with van der Waals surface area (Å²) >= 11 is 1.21. The third-order valence-electron chi connectivity index (χ3n) is 1.85. The predicted molar refractivity (Wildman–Crippen MR) is 64.5 cm³/mol. The lowest BCUT2D eigenvalue weighted by molar-refractivity contribution is -0.117. The van der Waals surface area contributed by atoms with E-state index in [9.17, 15) is 9.59 Å². The fourth-order valence-corrected chi connectivity index (χ4v) is 2.06. The van der Waals surface area contributed by atoms with Crippen molar-refractivity contribution < 1.29 is 14.7 Å². The number of hydrogen-bond acceptors (Lipinski definition) is 4. The largest absolute Gasteiger partial charge is 0.384 e. The predicted octanol–water partition coefficient (Wildman–Crippen LogP) is -0.385. The minimum Gasteiger partial charge on any atom is -0.384 e. The van der Waals surface area contributed by atoms with Crippen LogP contribution in [-0.4, -0.2) is 30.1 Å². The highest BCUT2D eigenvalue weighted by Gasteiger charge is 2.11. The number of hydrogen-bond donors (Lipinski definition) is 3. The van der Waals surface area contributed by atoms with Gasteiger partial charge < -0.3 is 16.2 Å². The molecule has 0 radical (unpaired) electrons. The summed E-state index contributed by atoms with van der Waals surface area (Å²) in [4.78, 5) is 23.3. The van der Waals surface area contributed by atoms with Crippen molar-refractivity contribution in [2.75, 3.05) is 13.2 Å². The van der Waals surface area contributed by atoms with Gasteiger partial charge in [0.15, 0.2) is 0 Å². The molecule has 1 aromatic heterocycles. The van der Waals surface area contributed by atoms with E-state index >= 15 is 0 Å². The van der Waals surface area contributed by atoms with Crippen molar-refractivity contribution in [3.05, 3.63) is 21.4 Å². The molecule has 4 N–H and O–H groups in total. The fourth-order valence-electron chi connectivity index (χ4n) is 1.09. The Bertz CT molecular complexity index is 497. The summed E-state index contributed by atoms with van der Waals surface area (Å²) in [5.41, 5.74) is 5.78. The second-order valence-corrected chi connectivity index (χ2v) is 4.28. The zero-order valence-electron chi connectivity index (χ0n) is 9.24. The Morgan fingerprint density at radius 1 is 1.59 bits per heavy atom. The maximum atomic E-state index is 11.6. The number of carbonyl (C=O) groups excluding carboxylic acids is 2. The van der Waals surface area contributed by atoms with E-state index in [4.69, 9.17) is 10.8 Å². The number of aryl methyl sites for hydroxylation is 1. The van der Waals surface area contributed by atoms with E-state index in [-0.39, 0.29) is 19.1 Å². The number of carbonyl (C=O) groups is 2. The van der Waals surface area contributed by atoms with E-state index < -0.39 is 5.91 Å². The average molecular weight is 252 g/mol. The molecular weight excluding hydrogens is 240 g/mol. The first-order valence-electron chi connectivity index (χ1n) is 4.81. The van der Waals surface area contributed by atoms with Gasteiger partial charge in [-0.15, -0.1) is 11.3 Å². The molecule has 17 heavy (non-hydrogen) atoms. The van der Waals surface area contributed by atoms with Crippen LogP contribution < -0.4 is 11.1 Å². The van der Waals surface area contributed by atoms with Crippen LogP contribution in [0.5, 0.6) is 0 Å². The maximum absolute atomic E-state index is 11.6. The van der Waals surface area contributed by atoms with Gasteiger partial charge in [0, 0.05) is 0 Å². The lowest BCUT2D eigenvalue weighted by atomic mass is 10.2. The molecule has 1 aromatic rings. The van der Waals surface area contributed by atoms with Gasteiger partial charge in [0.05, 0.1) is 16.3 Å². The van der Waals surface area contributed by atoms with Crippen LogP contribution in [0.2, 0.25) is 0 Å². The summed E-state index contributed by atoms with van der Waals surface area (Å²) in [5, 5.41) is 11.0. The summed E-state index contributed by atoms with van der Waals surface area (Å²) in [7, 11) is 0. The van der Waals surface area contributed by atoms with E-state index in [0.717, 1.165) is 10.4 Å². The van der Waals surface area contributed by atoms with Gasteiger partial charge in [-0.3, -0.25) is 9.59 Å². The van der Waals surface area contributed by atoms with Crippen LogP contribution in [-0.2, 0) is 4.79 Å². The zero-order chi connectivity index (χ0) is 12.8. The van der Waals surface area contributed by atoms with E-state index in [1.54, 1.807) is 6.07 Å². The van der Waals surface area contributed by atoms with Crippen molar-refractivity contribution in [1.82, 2.24) is 5.32 Å². The third-order valence-corrected chi connectivity index (χ3v) is 3.00. The van der Waals surface area contributed by atoms with E-state index in [1.165, 1.54) is 11.3 Å². The maximum Gasteiger partial charge on any atom is 0.261 e. The summed E-state index contributed by atoms with van der Waals surface area (Å²) < 4.78 is 0. The molecule has 5 nitrogen and oxygen atoms in total. The van der Waals surface area contributed by atoms with Crippen molar-refractivity contribution in [3.63, 3.8) is 0 Å². The Morgan fingerprint density at radius 3 is 2.88 bits per heavy atom. The molecule has 0 bridgehead atoms. The Labute approximate surface area is 103 Å². The van der Waals surface area contributed by atoms with Crippen LogP contribution in [0.15, 0.2) is 6.07 Å². The minimum absolute atomic E-state index is 0.187. The average Bonchev–Trinajstić information content (AvgIpc) is 2.65. The quantitative estimate of drug-likeness (QED) is 0.640. The number of primary amides is 1. The van der Waals surface area contributed by atoms with E-state index in [2.05, 4.69) is 17.2 Å². The van der Waals surface area contributed by atoms with Crippen molar-refractivity contribution in [2.45, 2.75) is 6.92 Å². The number of nitrogens with two attached hydrogens (primary N) is 1. The van der Waals surface area contributed by atoms with Crippen LogP contribution in [0, 0.1) is 18.8 Å². The van der Waals surface area contributed by atoms with Gasteiger partial charge in [0.2, 0.25) is 5.91 Å². The molecule has 0 saturated heterocycles. The summed E-state index contributed by atoms with van der Waals surface area (Å²) in [6, 6.07) is 1.68. The molecule has 0 aliphatic rings. The molecule has 0 saturated carbocycles. The molecule has 0 fully saturated rings. The van der Waals surface area contributed by atoms with Gasteiger partial charge in [-0.1, -0.05) is 11.8 Å². The first kappa shape index (κ1) is 13.2. The van der Waals surface area contributed by atoms with Gasteiger partial charge in [-0.25, -0.2) is 0 Å². The van der Waals surface area contributed by atoms with E-state index in [0.29, 0.717) is 4.88 Å². The third kappa shape index (κ3) is 3.90. The minimum atomic E-state index is -0.591. The van der Waals surface area contributed by atoms with Crippen LogP contribution in [0.4, 0.5) is 0 Å². The van der Waals surface area contributed by atoms with Gasteiger partial charge in [0.25, 0.3) is 5.91 Å². The summed E-state index contributed by atoms with van der Waals surface area (Å²) in [5.74, 6) is 4.32. The molecule has 6 heteroatoms. The van der Waals surface area contributed by atoms with E-state index in [1.807, 2.05) is 6.92 Å². The normalized spacial score (nSPS) is 9.29. The zero-order valence-corrected chi connectivity index (χ0v) is 10.1. The van der Waals surface area contributed by atoms with Crippen molar-refractivity contribution >= 4 is 23.2 Å². The number of nitrogens with one attached hydrogen (secondary N) is 1. The van der Waals surface area contributed by atoms with Gasteiger partial charge in [-0.2, -0.15) is 0 Å². The van der Waals surface area contributed by atoms with Gasteiger partial charge in [0.1, 0.15) is 6.61 Å². The molecule has 1 rings (SSSR count). The molecule has 0 aliphatic carbocycles. The number of rotatable bonds is 3. The number of aliphatic hydroxyl groups is 1. The number of aliphatic hydroxyl groups excluding tert-OH is 1. The molecule has 0 atom stereocenters. The number of thiophene rings is 1. The second-order valence-electron chi connectivity index (χ2n) is 3.23. The lowest BCUT2D eigenvalue weighted by Gasteiger charge is -1.98. The molecular formula is C11H12N2O3S. The molecule has 90 valence electrons. The van der Waals surface area contributed by atoms with Gasteiger partial charge >= 0.3 is 0 Å². The Hall–Kier alpha value is -1.84. The smallest absolute Gasteiger partial charge is 0.261 e. The summed E-state index contributed by atoms with van der Waals surface area (Å²) in [6.45, 7) is 1.41. The number of amides is 2. The SMILES string of the molecule is Cc1cc(C(=O)NCC(N)=O)sc1C#CCO. The topological polar surface area (TPSA) is 92.4 Å². The summed E-state index contributed by atoms with van der Waals surface area (Å²) in [6.07, 6.45) is 0. The van der Waals surface area contributed by atoms with Crippen LogP contribution in [0.1, 0.15) is 20.1 Å². The van der Waals surface area contributed by atoms with Crippen LogP contribution >= 0.6 is 11.3 Å². The molecule has 0 spiro atoms. The molecule has 0 unspecified atom stereocenters. The van der Waals surface area contributed by atoms with Crippen LogP contribution in [0.3, 0.4) is 0 Å². The monoisotopic (exact) mass is 252 g/mol. The molecule has 0 aliphatic heterocycles. The fraction of sp³-hybridized carbons (Fsp3) is 0.273. The molecule has 1 heterocycles. The highest BCUT2D eigenvalue weighted by Crippen LogP contribution is 2.20.